The molecule has 1 heterocycles. The largest absolute Gasteiger partial charge is 0.382 e. The third-order valence-corrected chi connectivity index (χ3v) is 3.10. The molecule has 1 amide bonds. The Kier molecular flexibility index (Phi) is 7.16. The maximum absolute atomic E-state index is 12.0. The highest BCUT2D eigenvalue weighted by Crippen LogP contribution is 2.19. The van der Waals surface area contributed by atoms with Gasteiger partial charge in [-0.2, -0.15) is 0 Å². The van der Waals surface area contributed by atoms with Gasteiger partial charge < -0.3 is 20.1 Å². The average molecular weight is 244 g/mol. The number of hydrogen-bond donors (Lipinski definition) is 1. The molecule has 1 unspecified atom stereocenters. The molecule has 5 nitrogen and oxygen atoms in total. The fourth-order valence-corrected chi connectivity index (χ4v) is 2.21. The fourth-order valence-electron chi connectivity index (χ4n) is 2.21. The zero-order valence-corrected chi connectivity index (χ0v) is 10.7. The molecule has 0 spiro atoms. The number of carbonyl (C=O) groups is 1. The van der Waals surface area contributed by atoms with Gasteiger partial charge in [-0.15, -0.1) is 0 Å². The minimum Gasteiger partial charge on any atom is -0.382 e. The normalized spacial score (nSPS) is 20.6. The van der Waals surface area contributed by atoms with Crippen LogP contribution in [0.5, 0.6) is 0 Å². The van der Waals surface area contributed by atoms with Crippen molar-refractivity contribution in [3.63, 3.8) is 0 Å². The lowest BCUT2D eigenvalue weighted by atomic mass is 9.99. The Balaban J connectivity index is 2.31. The van der Waals surface area contributed by atoms with Gasteiger partial charge in [-0.1, -0.05) is 0 Å². The van der Waals surface area contributed by atoms with Crippen LogP contribution in [-0.4, -0.2) is 56.9 Å². The Bertz CT molecular complexity index is 222. The molecule has 0 aromatic carbocycles. The van der Waals surface area contributed by atoms with Gasteiger partial charge in [-0.3, -0.25) is 4.79 Å². The summed E-state index contributed by atoms with van der Waals surface area (Å²) >= 11 is 0. The zero-order chi connectivity index (χ0) is 12.5. The van der Waals surface area contributed by atoms with E-state index in [1.54, 1.807) is 7.11 Å². The summed E-state index contributed by atoms with van der Waals surface area (Å²) in [6.45, 7) is 2.64. The van der Waals surface area contributed by atoms with Crippen LogP contribution < -0.4 is 5.73 Å². The van der Waals surface area contributed by atoms with Gasteiger partial charge in [-0.25, -0.2) is 0 Å². The molecule has 1 saturated heterocycles. The van der Waals surface area contributed by atoms with Crippen LogP contribution in [0.25, 0.3) is 0 Å². The highest BCUT2D eigenvalue weighted by atomic mass is 16.5. The molecule has 5 heteroatoms. The van der Waals surface area contributed by atoms with Crippen LogP contribution in [0.4, 0.5) is 0 Å². The Morgan fingerprint density at radius 1 is 1.41 bits per heavy atom. The van der Waals surface area contributed by atoms with Crippen LogP contribution in [-0.2, 0) is 14.3 Å². The van der Waals surface area contributed by atoms with Crippen molar-refractivity contribution in [1.82, 2.24) is 4.90 Å². The number of ether oxygens (including phenoxy) is 2. The summed E-state index contributed by atoms with van der Waals surface area (Å²) in [5, 5.41) is 0. The molecule has 17 heavy (non-hydrogen) atoms. The molecule has 0 radical (unpaired) electrons. The molecule has 0 aromatic rings. The number of nitrogens with two attached hydrogens (primary N) is 1. The lowest BCUT2D eigenvalue weighted by Gasteiger charge is -2.35. The predicted molar refractivity (Wildman–Crippen MR) is 65.7 cm³/mol. The number of rotatable bonds is 7. The van der Waals surface area contributed by atoms with Gasteiger partial charge in [0.15, 0.2) is 0 Å². The van der Waals surface area contributed by atoms with E-state index in [-0.39, 0.29) is 12.5 Å². The van der Waals surface area contributed by atoms with Crippen LogP contribution in [0.2, 0.25) is 0 Å². The number of likely N-dealkylation sites (tertiary alicyclic amines) is 1. The second-order valence-electron chi connectivity index (χ2n) is 4.36. The maximum Gasteiger partial charge on any atom is 0.248 e. The lowest BCUT2D eigenvalue weighted by molar-refractivity contribution is -0.140. The number of piperidine rings is 1. The summed E-state index contributed by atoms with van der Waals surface area (Å²) in [7, 11) is 1.62. The standard InChI is InChI=1S/C12H24N2O3/c1-16-8-9-17-10-12(15)14-7-3-2-4-11(14)5-6-13/h11H,2-10,13H2,1H3. The first kappa shape index (κ1) is 14.4. The Morgan fingerprint density at radius 2 is 2.24 bits per heavy atom. The van der Waals surface area contributed by atoms with Crippen molar-refractivity contribution < 1.29 is 14.3 Å². The van der Waals surface area contributed by atoms with Gasteiger partial charge in [0.05, 0.1) is 13.2 Å². The highest BCUT2D eigenvalue weighted by Gasteiger charge is 2.25. The Morgan fingerprint density at radius 3 is 2.94 bits per heavy atom. The van der Waals surface area contributed by atoms with Crippen molar-refractivity contribution >= 4 is 5.91 Å². The lowest BCUT2D eigenvalue weighted by Crippen LogP contribution is -2.46. The van der Waals surface area contributed by atoms with Crippen LogP contribution in [0, 0.1) is 0 Å². The van der Waals surface area contributed by atoms with Gasteiger partial charge in [-0.05, 0) is 32.2 Å². The van der Waals surface area contributed by atoms with Crippen molar-refractivity contribution in [2.45, 2.75) is 31.7 Å². The Hall–Kier alpha value is -0.650. The highest BCUT2D eigenvalue weighted by molar-refractivity contribution is 5.77. The van der Waals surface area contributed by atoms with Gasteiger partial charge in [0.2, 0.25) is 5.91 Å². The molecule has 0 bridgehead atoms. The molecule has 1 atom stereocenters. The van der Waals surface area contributed by atoms with E-state index in [0.29, 0.717) is 25.8 Å². The van der Waals surface area contributed by atoms with Gasteiger partial charge in [0.1, 0.15) is 6.61 Å². The van der Waals surface area contributed by atoms with Crippen molar-refractivity contribution in [1.29, 1.82) is 0 Å². The molecule has 100 valence electrons. The van der Waals surface area contributed by atoms with Crippen LogP contribution in [0.15, 0.2) is 0 Å². The Labute approximate surface area is 103 Å². The second kappa shape index (κ2) is 8.44. The zero-order valence-electron chi connectivity index (χ0n) is 10.7. The van der Waals surface area contributed by atoms with Crippen LogP contribution >= 0.6 is 0 Å². The van der Waals surface area contributed by atoms with E-state index in [0.717, 1.165) is 25.8 Å². The van der Waals surface area contributed by atoms with Crippen molar-refractivity contribution in [2.24, 2.45) is 5.73 Å². The summed E-state index contributed by atoms with van der Waals surface area (Å²) in [4.78, 5) is 13.9. The molecule has 1 fully saturated rings. The minimum atomic E-state index is 0.0826. The van der Waals surface area contributed by atoms with E-state index < -0.39 is 0 Å². The molecular formula is C12H24N2O3. The summed E-state index contributed by atoms with van der Waals surface area (Å²) < 4.78 is 10.1. The van der Waals surface area contributed by atoms with Crippen molar-refractivity contribution in [3.8, 4) is 0 Å². The van der Waals surface area contributed by atoms with E-state index in [2.05, 4.69) is 0 Å². The maximum atomic E-state index is 12.0. The summed E-state index contributed by atoms with van der Waals surface area (Å²) in [6.07, 6.45) is 4.24. The van der Waals surface area contributed by atoms with Gasteiger partial charge in [0.25, 0.3) is 0 Å². The van der Waals surface area contributed by atoms with Crippen LogP contribution in [0.1, 0.15) is 25.7 Å². The smallest absolute Gasteiger partial charge is 0.248 e. The van der Waals surface area contributed by atoms with Crippen molar-refractivity contribution in [3.05, 3.63) is 0 Å². The summed E-state index contributed by atoms with van der Waals surface area (Å²) in [6, 6.07) is 0.312. The number of nitrogens with zero attached hydrogens (tertiary/aromatic N) is 1. The molecule has 1 rings (SSSR count). The minimum absolute atomic E-state index is 0.0826. The summed E-state index contributed by atoms with van der Waals surface area (Å²) in [5.74, 6) is 0.0826. The first-order valence-electron chi connectivity index (χ1n) is 6.35. The topological polar surface area (TPSA) is 64.8 Å². The molecule has 1 aliphatic heterocycles. The monoisotopic (exact) mass is 244 g/mol. The number of methoxy groups -OCH3 is 1. The van der Waals surface area contributed by atoms with E-state index in [4.69, 9.17) is 15.2 Å². The second-order valence-corrected chi connectivity index (χ2v) is 4.36. The van der Waals surface area contributed by atoms with Gasteiger partial charge >= 0.3 is 0 Å². The molecule has 0 saturated carbocycles. The number of hydrogen-bond acceptors (Lipinski definition) is 4. The van der Waals surface area contributed by atoms with E-state index in [1.807, 2.05) is 4.90 Å². The molecule has 2 N–H and O–H groups in total. The molecule has 1 aliphatic rings. The SMILES string of the molecule is COCCOCC(=O)N1CCCCC1CCN. The first-order valence-corrected chi connectivity index (χ1v) is 6.35. The van der Waals surface area contributed by atoms with E-state index >= 15 is 0 Å². The third kappa shape index (κ3) is 5.02. The fraction of sp³-hybridized carbons (Fsp3) is 0.917. The van der Waals surface area contributed by atoms with E-state index in [1.165, 1.54) is 6.42 Å². The average Bonchev–Trinajstić information content (AvgIpc) is 2.35. The number of amides is 1. The predicted octanol–water partition coefficient (Wildman–Crippen LogP) is 0.379. The third-order valence-electron chi connectivity index (χ3n) is 3.10. The molecule has 0 aromatic heterocycles. The molecular weight excluding hydrogens is 220 g/mol. The van der Waals surface area contributed by atoms with E-state index in [9.17, 15) is 4.79 Å². The quantitative estimate of drug-likeness (QED) is 0.658. The molecule has 0 aliphatic carbocycles. The first-order chi connectivity index (χ1) is 8.29. The van der Waals surface area contributed by atoms with Gasteiger partial charge in [0, 0.05) is 19.7 Å². The number of carbonyl (C=O) groups excluding carboxylic acids is 1. The summed E-state index contributed by atoms with van der Waals surface area (Å²) in [5.41, 5.74) is 5.58. The van der Waals surface area contributed by atoms with Crippen molar-refractivity contribution in [2.75, 3.05) is 40.0 Å². The van der Waals surface area contributed by atoms with Crippen LogP contribution in [0.3, 0.4) is 0 Å².